The van der Waals surface area contributed by atoms with Crippen molar-refractivity contribution in [1.29, 1.82) is 0 Å². The highest BCUT2D eigenvalue weighted by Gasteiger charge is 2.16. The number of amides is 1. The molecule has 0 spiro atoms. The van der Waals surface area contributed by atoms with E-state index in [9.17, 15) is 4.79 Å². The van der Waals surface area contributed by atoms with Gasteiger partial charge in [-0.1, -0.05) is 32.0 Å². The quantitative estimate of drug-likeness (QED) is 0.860. The molecule has 1 amide bonds. The lowest BCUT2D eigenvalue weighted by molar-refractivity contribution is -0.116. The Hall–Kier alpha value is -2.30. The average molecular weight is 300 g/mol. The molecule has 1 aromatic heterocycles. The number of anilines is 2. The fourth-order valence-corrected chi connectivity index (χ4v) is 2.28. The lowest BCUT2D eigenvalue weighted by Crippen LogP contribution is -2.32. The first kappa shape index (κ1) is 16.1. The number of hydrogen-bond acceptors (Lipinski definition) is 3. The van der Waals surface area contributed by atoms with E-state index in [0.717, 1.165) is 12.1 Å². The van der Waals surface area contributed by atoms with Crippen LogP contribution in [0.3, 0.4) is 0 Å². The molecule has 0 bridgehead atoms. The van der Waals surface area contributed by atoms with Gasteiger partial charge in [-0.2, -0.15) is 5.10 Å². The highest BCUT2D eigenvalue weighted by molar-refractivity contribution is 5.96. The summed E-state index contributed by atoms with van der Waals surface area (Å²) in [6, 6.07) is 9.45. The lowest BCUT2D eigenvalue weighted by Gasteiger charge is -2.18. The van der Waals surface area contributed by atoms with Gasteiger partial charge >= 0.3 is 0 Å². The van der Waals surface area contributed by atoms with Crippen LogP contribution in [0, 0.1) is 0 Å². The number of aromatic nitrogens is 2. The number of nitrogens with one attached hydrogen (secondary N) is 2. The maximum absolute atomic E-state index is 12.4. The van der Waals surface area contributed by atoms with E-state index in [4.69, 9.17) is 0 Å². The monoisotopic (exact) mass is 300 g/mol. The molecule has 0 aliphatic carbocycles. The second kappa shape index (κ2) is 7.11. The molecule has 1 aromatic carbocycles. The van der Waals surface area contributed by atoms with E-state index in [1.165, 1.54) is 5.56 Å². The van der Waals surface area contributed by atoms with Crippen molar-refractivity contribution in [2.45, 2.75) is 39.2 Å². The number of benzene rings is 1. The summed E-state index contributed by atoms with van der Waals surface area (Å²) in [5.74, 6) is 1.04. The molecule has 2 atom stereocenters. The van der Waals surface area contributed by atoms with Crippen molar-refractivity contribution in [3.8, 4) is 0 Å². The van der Waals surface area contributed by atoms with Gasteiger partial charge < -0.3 is 10.6 Å². The minimum atomic E-state index is -0.361. The molecule has 0 fully saturated rings. The lowest BCUT2D eigenvalue weighted by atomic mass is 9.97. The van der Waals surface area contributed by atoms with Crippen molar-refractivity contribution in [2.24, 2.45) is 7.05 Å². The van der Waals surface area contributed by atoms with Crippen molar-refractivity contribution < 1.29 is 4.79 Å². The molecule has 1 heterocycles. The largest absolute Gasteiger partial charge is 0.357 e. The Morgan fingerprint density at radius 1 is 1.27 bits per heavy atom. The van der Waals surface area contributed by atoms with Crippen LogP contribution < -0.4 is 10.6 Å². The summed E-state index contributed by atoms with van der Waals surface area (Å²) in [6.45, 7) is 6.14. The summed E-state index contributed by atoms with van der Waals surface area (Å²) in [5, 5.41) is 10.3. The number of carbonyl (C=O) groups excluding carboxylic acids is 1. The zero-order valence-corrected chi connectivity index (χ0v) is 13.6. The number of carbonyl (C=O) groups is 1. The van der Waals surface area contributed by atoms with Crippen LogP contribution >= 0.6 is 0 Å². The summed E-state index contributed by atoms with van der Waals surface area (Å²) in [6.07, 6.45) is 2.87. The van der Waals surface area contributed by atoms with Gasteiger partial charge in [-0.25, -0.2) is 0 Å². The summed E-state index contributed by atoms with van der Waals surface area (Å²) < 4.78 is 1.70. The maximum Gasteiger partial charge on any atom is 0.246 e. The van der Waals surface area contributed by atoms with Gasteiger partial charge in [0.2, 0.25) is 5.91 Å². The topological polar surface area (TPSA) is 59.0 Å². The third kappa shape index (κ3) is 3.87. The van der Waals surface area contributed by atoms with Gasteiger partial charge in [0, 0.05) is 25.0 Å². The number of rotatable bonds is 6. The second-order valence-corrected chi connectivity index (χ2v) is 5.63. The van der Waals surface area contributed by atoms with Gasteiger partial charge in [0.25, 0.3) is 0 Å². The normalized spacial score (nSPS) is 13.5. The van der Waals surface area contributed by atoms with E-state index in [1.54, 1.807) is 4.68 Å². The molecular formula is C17H24N4O. The Balaban J connectivity index is 2.05. The molecule has 118 valence electrons. The molecule has 5 heteroatoms. The predicted molar refractivity (Wildman–Crippen MR) is 90.1 cm³/mol. The van der Waals surface area contributed by atoms with E-state index < -0.39 is 0 Å². The van der Waals surface area contributed by atoms with Crippen LogP contribution in [0.25, 0.3) is 0 Å². The number of hydrogen-bond donors (Lipinski definition) is 2. The predicted octanol–water partition coefficient (Wildman–Crippen LogP) is 3.37. The zero-order valence-electron chi connectivity index (χ0n) is 13.6. The van der Waals surface area contributed by atoms with Crippen LogP contribution in [-0.4, -0.2) is 21.7 Å². The second-order valence-electron chi connectivity index (χ2n) is 5.63. The van der Waals surface area contributed by atoms with Crippen LogP contribution in [0.2, 0.25) is 0 Å². The third-order valence-corrected chi connectivity index (χ3v) is 3.83. The molecule has 0 aliphatic heterocycles. The third-order valence-electron chi connectivity index (χ3n) is 3.83. The molecule has 0 aliphatic rings. The molecule has 2 aromatic rings. The van der Waals surface area contributed by atoms with E-state index in [-0.39, 0.29) is 11.9 Å². The smallest absolute Gasteiger partial charge is 0.246 e. The van der Waals surface area contributed by atoms with Gasteiger partial charge in [0.05, 0.1) is 0 Å². The maximum atomic E-state index is 12.4. The first-order chi connectivity index (χ1) is 10.5. The van der Waals surface area contributed by atoms with Crippen LogP contribution in [0.15, 0.2) is 36.5 Å². The number of aryl methyl sites for hydroxylation is 1. The molecular weight excluding hydrogens is 276 g/mol. The molecule has 2 rings (SSSR count). The number of para-hydroxylation sites is 1. The van der Waals surface area contributed by atoms with Gasteiger partial charge in [-0.3, -0.25) is 9.48 Å². The first-order valence-corrected chi connectivity index (χ1v) is 7.67. The van der Waals surface area contributed by atoms with E-state index in [2.05, 4.69) is 35.6 Å². The molecule has 0 saturated carbocycles. The average Bonchev–Trinajstić information content (AvgIpc) is 2.92. The fraction of sp³-hybridized carbons (Fsp3) is 0.412. The van der Waals surface area contributed by atoms with E-state index >= 15 is 0 Å². The standard InChI is InChI=1S/C17H24N4O/c1-5-12(2)14-8-6-7-9-15(14)19-17(22)13(3)18-16-10-11-21(4)20-16/h6-13H,5H2,1-4H3,(H,18,20)(H,19,22). The zero-order chi connectivity index (χ0) is 16.1. The van der Waals surface area contributed by atoms with Crippen molar-refractivity contribution in [3.63, 3.8) is 0 Å². The molecule has 0 saturated heterocycles. The summed E-state index contributed by atoms with van der Waals surface area (Å²) in [4.78, 5) is 12.4. The first-order valence-electron chi connectivity index (χ1n) is 7.67. The van der Waals surface area contributed by atoms with Gasteiger partial charge in [0.1, 0.15) is 11.9 Å². The molecule has 5 nitrogen and oxygen atoms in total. The summed E-state index contributed by atoms with van der Waals surface area (Å²) in [5.41, 5.74) is 2.06. The minimum Gasteiger partial charge on any atom is -0.357 e. The molecule has 2 N–H and O–H groups in total. The van der Waals surface area contributed by atoms with Crippen LogP contribution in [0.1, 0.15) is 38.7 Å². The Kier molecular flexibility index (Phi) is 5.20. The Morgan fingerprint density at radius 2 is 2.00 bits per heavy atom. The fourth-order valence-electron chi connectivity index (χ4n) is 2.28. The van der Waals surface area contributed by atoms with Crippen molar-refractivity contribution in [3.05, 3.63) is 42.1 Å². The van der Waals surface area contributed by atoms with Gasteiger partial charge in [-0.05, 0) is 30.9 Å². The number of nitrogens with zero attached hydrogens (tertiary/aromatic N) is 2. The molecule has 22 heavy (non-hydrogen) atoms. The molecule has 0 radical (unpaired) electrons. The molecule has 2 unspecified atom stereocenters. The highest BCUT2D eigenvalue weighted by Crippen LogP contribution is 2.26. The SMILES string of the molecule is CCC(C)c1ccccc1NC(=O)C(C)Nc1ccn(C)n1. The summed E-state index contributed by atoms with van der Waals surface area (Å²) in [7, 11) is 1.85. The Labute approximate surface area is 131 Å². The minimum absolute atomic E-state index is 0.0681. The Morgan fingerprint density at radius 3 is 2.64 bits per heavy atom. The Bertz CT molecular complexity index is 635. The van der Waals surface area contributed by atoms with Crippen molar-refractivity contribution >= 4 is 17.4 Å². The van der Waals surface area contributed by atoms with E-state index in [0.29, 0.717) is 11.7 Å². The van der Waals surface area contributed by atoms with Crippen molar-refractivity contribution in [2.75, 3.05) is 10.6 Å². The highest BCUT2D eigenvalue weighted by atomic mass is 16.2. The van der Waals surface area contributed by atoms with Gasteiger partial charge in [0.15, 0.2) is 0 Å². The van der Waals surface area contributed by atoms with E-state index in [1.807, 2.05) is 44.4 Å². The van der Waals surface area contributed by atoms with Crippen LogP contribution in [0.4, 0.5) is 11.5 Å². The van der Waals surface area contributed by atoms with Crippen molar-refractivity contribution in [1.82, 2.24) is 9.78 Å². The van der Waals surface area contributed by atoms with Crippen LogP contribution in [0.5, 0.6) is 0 Å². The van der Waals surface area contributed by atoms with Crippen LogP contribution in [-0.2, 0) is 11.8 Å². The van der Waals surface area contributed by atoms with Gasteiger partial charge in [-0.15, -0.1) is 0 Å². The summed E-state index contributed by atoms with van der Waals surface area (Å²) >= 11 is 0.